The molecule has 122 valence electrons. The lowest BCUT2D eigenvalue weighted by atomic mass is 9.96. The van der Waals surface area contributed by atoms with Gasteiger partial charge in [0.15, 0.2) is 5.11 Å². The summed E-state index contributed by atoms with van der Waals surface area (Å²) in [5.41, 5.74) is 3.41. The molecule has 2 aromatic rings. The molecule has 0 aromatic heterocycles. The SMILES string of the molecule is COc1ccc([C@H](NC(=S)Nc2ccc(C)cc2)C(C)C)cc1. The van der Waals surface area contributed by atoms with Crippen molar-refractivity contribution in [2.75, 3.05) is 12.4 Å². The van der Waals surface area contributed by atoms with Gasteiger partial charge in [0, 0.05) is 5.69 Å². The number of hydrogen-bond donors (Lipinski definition) is 2. The molecular weight excluding hydrogens is 304 g/mol. The fourth-order valence-electron chi connectivity index (χ4n) is 2.39. The molecule has 0 radical (unpaired) electrons. The molecule has 2 aromatic carbocycles. The molecule has 2 rings (SSSR count). The Kier molecular flexibility index (Phi) is 5.99. The molecule has 0 spiro atoms. The largest absolute Gasteiger partial charge is 0.497 e. The van der Waals surface area contributed by atoms with Crippen LogP contribution in [0.3, 0.4) is 0 Å². The minimum absolute atomic E-state index is 0.145. The van der Waals surface area contributed by atoms with Crippen LogP contribution in [0.2, 0.25) is 0 Å². The van der Waals surface area contributed by atoms with Gasteiger partial charge in [0.1, 0.15) is 5.75 Å². The molecule has 2 N–H and O–H groups in total. The first kappa shape index (κ1) is 17.3. The standard InChI is InChI=1S/C19H24N2OS/c1-13(2)18(15-7-11-17(22-4)12-8-15)21-19(23)20-16-9-5-14(3)6-10-16/h5-13,18H,1-4H3,(H2,20,21,23)/t18-/m1/s1. The number of ether oxygens (including phenoxy) is 1. The van der Waals surface area contributed by atoms with Gasteiger partial charge in [-0.2, -0.15) is 0 Å². The van der Waals surface area contributed by atoms with Crippen molar-refractivity contribution in [3.63, 3.8) is 0 Å². The molecule has 0 fully saturated rings. The maximum Gasteiger partial charge on any atom is 0.171 e. The minimum atomic E-state index is 0.145. The smallest absolute Gasteiger partial charge is 0.171 e. The lowest BCUT2D eigenvalue weighted by Crippen LogP contribution is -2.34. The number of rotatable bonds is 5. The van der Waals surface area contributed by atoms with Crippen molar-refractivity contribution in [1.82, 2.24) is 5.32 Å². The maximum absolute atomic E-state index is 5.47. The average molecular weight is 328 g/mol. The molecule has 0 aliphatic carbocycles. The van der Waals surface area contributed by atoms with Gasteiger partial charge in [-0.25, -0.2) is 0 Å². The van der Waals surface area contributed by atoms with Crippen LogP contribution in [0.5, 0.6) is 5.75 Å². The van der Waals surface area contributed by atoms with Crippen molar-refractivity contribution in [2.24, 2.45) is 5.92 Å². The second kappa shape index (κ2) is 7.97. The van der Waals surface area contributed by atoms with Crippen LogP contribution in [-0.4, -0.2) is 12.2 Å². The van der Waals surface area contributed by atoms with Crippen molar-refractivity contribution < 1.29 is 4.74 Å². The first-order valence-electron chi connectivity index (χ1n) is 7.77. The molecule has 23 heavy (non-hydrogen) atoms. The highest BCUT2D eigenvalue weighted by Gasteiger charge is 2.17. The molecule has 3 nitrogen and oxygen atoms in total. The van der Waals surface area contributed by atoms with Crippen molar-refractivity contribution in [1.29, 1.82) is 0 Å². The summed E-state index contributed by atoms with van der Waals surface area (Å²) in [5, 5.41) is 7.28. The number of aryl methyl sites for hydroxylation is 1. The Morgan fingerprint density at radius 3 is 2.13 bits per heavy atom. The molecule has 4 heteroatoms. The lowest BCUT2D eigenvalue weighted by Gasteiger charge is -2.25. The van der Waals surface area contributed by atoms with Crippen LogP contribution < -0.4 is 15.4 Å². The van der Waals surface area contributed by atoms with Crippen LogP contribution >= 0.6 is 12.2 Å². The van der Waals surface area contributed by atoms with E-state index >= 15 is 0 Å². The van der Waals surface area contributed by atoms with Crippen LogP contribution in [0.25, 0.3) is 0 Å². The Balaban J connectivity index is 2.06. The molecule has 0 unspecified atom stereocenters. The lowest BCUT2D eigenvalue weighted by molar-refractivity contribution is 0.413. The van der Waals surface area contributed by atoms with E-state index in [9.17, 15) is 0 Å². The molecule has 0 aliphatic heterocycles. The number of thiocarbonyl (C=S) groups is 1. The molecule has 0 bridgehead atoms. The zero-order valence-electron chi connectivity index (χ0n) is 14.1. The predicted octanol–water partition coefficient (Wildman–Crippen LogP) is 4.69. The van der Waals surface area contributed by atoms with E-state index in [0.29, 0.717) is 11.0 Å². The van der Waals surface area contributed by atoms with Gasteiger partial charge in [-0.1, -0.05) is 43.7 Å². The number of nitrogens with one attached hydrogen (secondary N) is 2. The Labute approximate surface area is 144 Å². The first-order chi connectivity index (χ1) is 11.0. The summed E-state index contributed by atoms with van der Waals surface area (Å²) in [5.74, 6) is 1.26. The van der Waals surface area contributed by atoms with Gasteiger partial charge in [0.2, 0.25) is 0 Å². The van der Waals surface area contributed by atoms with E-state index < -0.39 is 0 Å². The molecule has 0 aliphatic rings. The van der Waals surface area contributed by atoms with Crippen LogP contribution in [0.1, 0.15) is 31.0 Å². The average Bonchev–Trinajstić information content (AvgIpc) is 2.55. The molecular formula is C19H24N2OS. The fraction of sp³-hybridized carbons (Fsp3) is 0.316. The first-order valence-corrected chi connectivity index (χ1v) is 8.18. The maximum atomic E-state index is 5.47. The third-order valence-corrected chi connectivity index (χ3v) is 3.96. The Morgan fingerprint density at radius 2 is 1.61 bits per heavy atom. The molecule has 0 heterocycles. The normalized spacial score (nSPS) is 11.9. The second-order valence-corrected chi connectivity index (χ2v) is 6.37. The van der Waals surface area contributed by atoms with Crippen LogP contribution in [-0.2, 0) is 0 Å². The van der Waals surface area contributed by atoms with Gasteiger partial charge < -0.3 is 15.4 Å². The van der Waals surface area contributed by atoms with Crippen LogP contribution in [0.15, 0.2) is 48.5 Å². The number of anilines is 1. The molecule has 0 saturated carbocycles. The van der Waals surface area contributed by atoms with Crippen molar-refractivity contribution >= 4 is 23.0 Å². The summed E-state index contributed by atoms with van der Waals surface area (Å²) in [6.07, 6.45) is 0. The quantitative estimate of drug-likeness (QED) is 0.780. The minimum Gasteiger partial charge on any atom is -0.497 e. The topological polar surface area (TPSA) is 33.3 Å². The summed E-state index contributed by atoms with van der Waals surface area (Å²) in [4.78, 5) is 0. The van der Waals surface area contributed by atoms with Gasteiger partial charge in [0.05, 0.1) is 13.2 Å². The monoisotopic (exact) mass is 328 g/mol. The van der Waals surface area contributed by atoms with Gasteiger partial charge in [-0.3, -0.25) is 0 Å². The van der Waals surface area contributed by atoms with Crippen LogP contribution in [0.4, 0.5) is 5.69 Å². The van der Waals surface area contributed by atoms with E-state index in [-0.39, 0.29) is 6.04 Å². The number of hydrogen-bond acceptors (Lipinski definition) is 2. The Morgan fingerprint density at radius 1 is 1.00 bits per heavy atom. The predicted molar refractivity (Wildman–Crippen MR) is 101 cm³/mol. The van der Waals surface area contributed by atoms with E-state index in [1.54, 1.807) is 7.11 Å². The van der Waals surface area contributed by atoms with E-state index in [1.807, 2.05) is 24.3 Å². The highest BCUT2D eigenvalue weighted by molar-refractivity contribution is 7.80. The number of benzene rings is 2. The van der Waals surface area contributed by atoms with Gasteiger partial charge in [-0.15, -0.1) is 0 Å². The van der Waals surface area contributed by atoms with E-state index in [0.717, 1.165) is 11.4 Å². The molecule has 1 atom stereocenters. The summed E-state index contributed by atoms with van der Waals surface area (Å²) >= 11 is 5.47. The van der Waals surface area contributed by atoms with Crippen molar-refractivity contribution in [3.05, 3.63) is 59.7 Å². The van der Waals surface area contributed by atoms with Crippen LogP contribution in [0, 0.1) is 12.8 Å². The fourth-order valence-corrected chi connectivity index (χ4v) is 2.64. The Bertz CT molecular complexity index is 635. The van der Waals surface area contributed by atoms with E-state index in [1.165, 1.54) is 11.1 Å². The zero-order valence-corrected chi connectivity index (χ0v) is 14.9. The zero-order chi connectivity index (χ0) is 16.8. The highest BCUT2D eigenvalue weighted by atomic mass is 32.1. The van der Waals surface area contributed by atoms with Crippen molar-refractivity contribution in [3.8, 4) is 5.75 Å². The summed E-state index contributed by atoms with van der Waals surface area (Å²) in [7, 11) is 1.67. The van der Waals surface area contributed by atoms with Gasteiger partial charge in [-0.05, 0) is 54.9 Å². The molecule has 0 saturated heterocycles. The highest BCUT2D eigenvalue weighted by Crippen LogP contribution is 2.24. The Hall–Kier alpha value is -2.07. The second-order valence-electron chi connectivity index (χ2n) is 5.96. The van der Waals surface area contributed by atoms with Gasteiger partial charge >= 0.3 is 0 Å². The third-order valence-electron chi connectivity index (χ3n) is 3.74. The van der Waals surface area contributed by atoms with E-state index in [2.05, 4.69) is 55.7 Å². The molecule has 0 amide bonds. The summed E-state index contributed by atoms with van der Waals surface area (Å²) in [6.45, 7) is 6.42. The number of methoxy groups -OCH3 is 1. The third kappa shape index (κ3) is 4.96. The van der Waals surface area contributed by atoms with Gasteiger partial charge in [0.25, 0.3) is 0 Å². The summed E-state index contributed by atoms with van der Waals surface area (Å²) in [6, 6.07) is 16.4. The van der Waals surface area contributed by atoms with E-state index in [4.69, 9.17) is 17.0 Å². The van der Waals surface area contributed by atoms with Crippen molar-refractivity contribution in [2.45, 2.75) is 26.8 Å². The summed E-state index contributed by atoms with van der Waals surface area (Å²) < 4.78 is 5.22.